The predicted octanol–water partition coefficient (Wildman–Crippen LogP) is 12.5. The molecule has 2 aromatic heterocycles. The second-order valence-electron chi connectivity index (χ2n) is 13.0. The Morgan fingerprint density at radius 1 is 0.353 bits per heavy atom. The molecule has 3 nitrogen and oxygen atoms in total. The van der Waals surface area contributed by atoms with Gasteiger partial charge in [-0.3, -0.25) is 0 Å². The number of benzene rings is 8. The zero-order valence-electron chi connectivity index (χ0n) is 27.7. The molecule has 0 N–H and O–H groups in total. The van der Waals surface area contributed by atoms with Gasteiger partial charge in [0.25, 0.3) is 0 Å². The summed E-state index contributed by atoms with van der Waals surface area (Å²) in [6.07, 6.45) is 0. The number of aromatic nitrogens is 3. The monoisotopic (exact) mass is 649 g/mol. The lowest BCUT2D eigenvalue weighted by Gasteiger charge is -2.13. The predicted molar refractivity (Wildman–Crippen MR) is 213 cm³/mol. The first-order valence-corrected chi connectivity index (χ1v) is 17.3. The average Bonchev–Trinajstić information content (AvgIpc) is 3.56. The lowest BCUT2D eigenvalue weighted by Crippen LogP contribution is -1.97. The fraction of sp³-hybridized carbons (Fsp3) is 0. The van der Waals surface area contributed by atoms with Gasteiger partial charge in [-0.2, -0.15) is 0 Å². The molecule has 0 bridgehead atoms. The summed E-state index contributed by atoms with van der Waals surface area (Å²) in [5, 5.41) is 7.56. The average molecular weight is 650 g/mol. The molecule has 0 aliphatic carbocycles. The van der Waals surface area contributed by atoms with Gasteiger partial charge in [-0.05, 0) is 63.0 Å². The van der Waals surface area contributed by atoms with Gasteiger partial charge < -0.3 is 4.57 Å². The van der Waals surface area contributed by atoms with Crippen molar-refractivity contribution in [3.05, 3.63) is 188 Å². The Kier molecular flexibility index (Phi) is 6.81. The van der Waals surface area contributed by atoms with Crippen LogP contribution in [0.2, 0.25) is 0 Å². The van der Waals surface area contributed by atoms with Crippen LogP contribution in [0.4, 0.5) is 0 Å². The van der Waals surface area contributed by atoms with Crippen LogP contribution in [0.25, 0.3) is 94.1 Å². The molecule has 8 aromatic carbocycles. The van der Waals surface area contributed by atoms with E-state index in [4.69, 9.17) is 9.97 Å². The summed E-state index contributed by atoms with van der Waals surface area (Å²) >= 11 is 0. The van der Waals surface area contributed by atoms with E-state index in [1.54, 1.807) is 0 Å². The highest BCUT2D eigenvalue weighted by atomic mass is 15.0. The molecule has 0 radical (unpaired) electrons. The highest BCUT2D eigenvalue weighted by molar-refractivity contribution is 6.30. The second-order valence-corrected chi connectivity index (χ2v) is 13.0. The first kappa shape index (κ1) is 29.1. The van der Waals surface area contributed by atoms with Crippen LogP contribution in [0.3, 0.4) is 0 Å². The Balaban J connectivity index is 1.21. The minimum Gasteiger partial charge on any atom is -0.309 e. The van der Waals surface area contributed by atoms with E-state index in [2.05, 4.69) is 168 Å². The molecule has 0 unspecified atom stereocenters. The van der Waals surface area contributed by atoms with Gasteiger partial charge in [0, 0.05) is 33.2 Å². The number of hydrogen-bond acceptors (Lipinski definition) is 2. The van der Waals surface area contributed by atoms with E-state index < -0.39 is 0 Å². The molecule has 0 amide bonds. The van der Waals surface area contributed by atoms with E-state index in [0.29, 0.717) is 5.82 Å². The van der Waals surface area contributed by atoms with Gasteiger partial charge in [0.15, 0.2) is 5.82 Å². The summed E-state index contributed by atoms with van der Waals surface area (Å²) in [6.45, 7) is 0. The lowest BCUT2D eigenvalue weighted by atomic mass is 9.94. The third kappa shape index (κ3) is 4.90. The maximum atomic E-state index is 5.09. The standard InChI is InChI=1S/C48H31N3/c1-4-14-32(15-5-1)41-30-45-47(40-23-13-12-22-39(40)41)46-38-21-11-10-16-33(38)26-29-44(46)51(45)37-27-24-35(25-28-37)43-31-42(34-17-6-2-7-18-34)49-48(50-43)36-19-8-3-9-20-36/h1-31H. The molecule has 3 heteroatoms. The Bertz CT molecular complexity index is 2820. The summed E-state index contributed by atoms with van der Waals surface area (Å²) in [4.78, 5) is 10.1. The smallest absolute Gasteiger partial charge is 0.160 e. The van der Waals surface area contributed by atoms with Crippen molar-refractivity contribution >= 4 is 43.4 Å². The summed E-state index contributed by atoms with van der Waals surface area (Å²) in [6, 6.07) is 66.7. The van der Waals surface area contributed by atoms with Crippen LogP contribution in [-0.2, 0) is 0 Å². The van der Waals surface area contributed by atoms with Gasteiger partial charge in [0.2, 0.25) is 0 Å². The highest BCUT2D eigenvalue weighted by Gasteiger charge is 2.20. The number of nitrogens with zero attached hydrogens (tertiary/aromatic N) is 3. The highest BCUT2D eigenvalue weighted by Crippen LogP contribution is 2.44. The third-order valence-corrected chi connectivity index (χ3v) is 10.00. The van der Waals surface area contributed by atoms with E-state index in [-0.39, 0.29) is 0 Å². The van der Waals surface area contributed by atoms with Crippen LogP contribution in [0.15, 0.2) is 188 Å². The van der Waals surface area contributed by atoms with E-state index in [1.807, 2.05) is 24.3 Å². The van der Waals surface area contributed by atoms with Crippen LogP contribution in [0.5, 0.6) is 0 Å². The number of hydrogen-bond donors (Lipinski definition) is 0. The van der Waals surface area contributed by atoms with Crippen molar-refractivity contribution in [1.82, 2.24) is 14.5 Å². The minimum atomic E-state index is 0.714. The molecule has 0 atom stereocenters. The lowest BCUT2D eigenvalue weighted by molar-refractivity contribution is 1.17. The topological polar surface area (TPSA) is 30.7 Å². The molecular formula is C48H31N3. The molecule has 0 spiro atoms. The van der Waals surface area contributed by atoms with Gasteiger partial charge in [-0.25, -0.2) is 9.97 Å². The molecule has 238 valence electrons. The van der Waals surface area contributed by atoms with Gasteiger partial charge in [-0.1, -0.05) is 158 Å². The zero-order valence-corrected chi connectivity index (χ0v) is 27.7. The van der Waals surface area contributed by atoms with E-state index >= 15 is 0 Å². The van der Waals surface area contributed by atoms with Gasteiger partial charge >= 0.3 is 0 Å². The molecular weight excluding hydrogens is 619 g/mol. The molecule has 51 heavy (non-hydrogen) atoms. The van der Waals surface area contributed by atoms with Crippen molar-refractivity contribution in [2.75, 3.05) is 0 Å². The Morgan fingerprint density at radius 2 is 0.882 bits per heavy atom. The molecule has 10 rings (SSSR count). The second kappa shape index (κ2) is 11.9. The van der Waals surface area contributed by atoms with E-state index in [0.717, 1.165) is 33.8 Å². The van der Waals surface area contributed by atoms with Crippen molar-refractivity contribution in [3.8, 4) is 50.7 Å². The SMILES string of the molecule is c1ccc(-c2cc(-c3ccc(-n4c5ccc6ccccc6c5c5c6ccccc6c(-c6ccccc6)cc54)cc3)nc(-c3ccccc3)n2)cc1. The van der Waals surface area contributed by atoms with Gasteiger partial charge in [0.1, 0.15) is 0 Å². The quantitative estimate of drug-likeness (QED) is 0.186. The van der Waals surface area contributed by atoms with Gasteiger partial charge in [0.05, 0.1) is 22.4 Å². The van der Waals surface area contributed by atoms with E-state index in [1.165, 1.54) is 54.5 Å². The fourth-order valence-electron chi connectivity index (χ4n) is 7.62. The number of fused-ring (bicyclic) bond motifs is 7. The minimum absolute atomic E-state index is 0.714. The van der Waals surface area contributed by atoms with Gasteiger partial charge in [-0.15, -0.1) is 0 Å². The van der Waals surface area contributed by atoms with Crippen molar-refractivity contribution in [3.63, 3.8) is 0 Å². The van der Waals surface area contributed by atoms with Crippen molar-refractivity contribution in [1.29, 1.82) is 0 Å². The van der Waals surface area contributed by atoms with Crippen LogP contribution >= 0.6 is 0 Å². The summed E-state index contributed by atoms with van der Waals surface area (Å²) in [5.74, 6) is 0.714. The summed E-state index contributed by atoms with van der Waals surface area (Å²) in [7, 11) is 0. The first-order valence-electron chi connectivity index (χ1n) is 17.3. The van der Waals surface area contributed by atoms with Crippen LogP contribution in [0.1, 0.15) is 0 Å². The first-order chi connectivity index (χ1) is 25.3. The normalized spacial score (nSPS) is 11.5. The van der Waals surface area contributed by atoms with E-state index in [9.17, 15) is 0 Å². The summed E-state index contributed by atoms with van der Waals surface area (Å²) in [5.41, 5.74) is 10.8. The molecule has 10 aromatic rings. The molecule has 0 saturated carbocycles. The summed E-state index contributed by atoms with van der Waals surface area (Å²) < 4.78 is 2.44. The zero-order chi connectivity index (χ0) is 33.7. The van der Waals surface area contributed by atoms with Crippen LogP contribution < -0.4 is 0 Å². The molecule has 0 fully saturated rings. The third-order valence-electron chi connectivity index (χ3n) is 10.00. The fourth-order valence-corrected chi connectivity index (χ4v) is 7.62. The van der Waals surface area contributed by atoms with Crippen molar-refractivity contribution in [2.45, 2.75) is 0 Å². The molecule has 0 saturated heterocycles. The Hall–Kier alpha value is -6.84. The number of rotatable bonds is 5. The molecule has 0 aliphatic rings. The molecule has 2 heterocycles. The maximum absolute atomic E-state index is 5.09. The van der Waals surface area contributed by atoms with Crippen LogP contribution in [-0.4, -0.2) is 14.5 Å². The largest absolute Gasteiger partial charge is 0.309 e. The Morgan fingerprint density at radius 3 is 1.57 bits per heavy atom. The Labute approximate surface area is 295 Å². The molecule has 0 aliphatic heterocycles. The van der Waals surface area contributed by atoms with Crippen molar-refractivity contribution in [2.24, 2.45) is 0 Å². The van der Waals surface area contributed by atoms with Crippen LogP contribution in [0, 0.1) is 0 Å². The van der Waals surface area contributed by atoms with Crippen molar-refractivity contribution < 1.29 is 0 Å². The maximum Gasteiger partial charge on any atom is 0.160 e.